The van der Waals surface area contributed by atoms with Gasteiger partial charge in [-0.15, -0.1) is 0 Å². The van der Waals surface area contributed by atoms with Gasteiger partial charge in [-0.25, -0.2) is 8.42 Å². The molecule has 0 amide bonds. The van der Waals surface area contributed by atoms with Crippen LogP contribution in [0.25, 0.3) is 0 Å². The smallest absolute Gasteiger partial charge is 0.175 e. The van der Waals surface area contributed by atoms with Gasteiger partial charge in [-0.3, -0.25) is 4.68 Å². The molecule has 2 rings (SSSR count). The maximum Gasteiger partial charge on any atom is 0.175 e. The molecule has 0 aliphatic rings. The number of hydrogen-bond acceptors (Lipinski definition) is 5. The van der Waals surface area contributed by atoms with Crippen molar-refractivity contribution >= 4 is 9.84 Å². The Bertz CT molecular complexity index is 722. The molecule has 0 bridgehead atoms. The molecule has 0 aliphatic heterocycles. The molecule has 0 saturated carbocycles. The summed E-state index contributed by atoms with van der Waals surface area (Å²) < 4.78 is 29.8. The molecule has 1 heterocycles. The number of aliphatic hydroxyl groups is 1. The molecule has 0 fully saturated rings. The SMILES string of the molecule is COc1cnn(C)c1C(O)c1cccc(S(C)(=O)=O)c1. The number of rotatable bonds is 4. The van der Waals surface area contributed by atoms with Gasteiger partial charge in [0.2, 0.25) is 0 Å². The predicted octanol–water partition coefficient (Wildman–Crippen LogP) is 0.914. The summed E-state index contributed by atoms with van der Waals surface area (Å²) in [5.41, 5.74) is 0.938. The van der Waals surface area contributed by atoms with Crippen molar-refractivity contribution in [2.75, 3.05) is 13.4 Å². The standard InChI is InChI=1S/C13H16N2O4S/c1-15-12(11(19-2)8-14-15)13(16)9-5-4-6-10(7-9)20(3,17)18/h4-8,13,16H,1-3H3. The molecule has 1 aromatic heterocycles. The zero-order valence-electron chi connectivity index (χ0n) is 11.4. The maximum atomic E-state index is 11.6. The van der Waals surface area contributed by atoms with Crippen LogP contribution in [0, 0.1) is 0 Å². The van der Waals surface area contributed by atoms with Gasteiger partial charge in [-0.05, 0) is 17.7 Å². The monoisotopic (exact) mass is 296 g/mol. The first-order valence-corrected chi connectivity index (χ1v) is 7.77. The highest BCUT2D eigenvalue weighted by molar-refractivity contribution is 7.90. The average Bonchev–Trinajstić information content (AvgIpc) is 2.78. The van der Waals surface area contributed by atoms with Crippen molar-refractivity contribution in [3.63, 3.8) is 0 Å². The van der Waals surface area contributed by atoms with Gasteiger partial charge in [0, 0.05) is 13.3 Å². The van der Waals surface area contributed by atoms with Crippen molar-refractivity contribution in [3.05, 3.63) is 41.7 Å². The second kappa shape index (κ2) is 5.26. The molecule has 0 spiro atoms. The van der Waals surface area contributed by atoms with E-state index in [-0.39, 0.29) is 4.90 Å². The van der Waals surface area contributed by atoms with Crippen LogP contribution in [0.4, 0.5) is 0 Å². The topological polar surface area (TPSA) is 81.4 Å². The highest BCUT2D eigenvalue weighted by Gasteiger charge is 2.21. The molecule has 1 atom stereocenters. The number of ether oxygens (including phenoxy) is 1. The maximum absolute atomic E-state index is 11.6. The summed E-state index contributed by atoms with van der Waals surface area (Å²) in [6.07, 6.45) is 1.61. The van der Waals surface area contributed by atoms with E-state index >= 15 is 0 Å². The second-order valence-corrected chi connectivity index (χ2v) is 6.48. The number of aromatic nitrogens is 2. The molecule has 20 heavy (non-hydrogen) atoms. The van der Waals surface area contributed by atoms with E-state index in [1.807, 2.05) is 0 Å². The average molecular weight is 296 g/mol. The largest absolute Gasteiger partial charge is 0.493 e. The Balaban J connectivity index is 2.49. The third kappa shape index (κ3) is 2.68. The lowest BCUT2D eigenvalue weighted by atomic mass is 10.1. The van der Waals surface area contributed by atoms with Crippen molar-refractivity contribution in [2.24, 2.45) is 7.05 Å². The summed E-state index contributed by atoms with van der Waals surface area (Å²) in [5, 5.41) is 14.4. The van der Waals surface area contributed by atoms with E-state index in [0.29, 0.717) is 17.0 Å². The van der Waals surface area contributed by atoms with Gasteiger partial charge in [0.1, 0.15) is 11.8 Å². The summed E-state index contributed by atoms with van der Waals surface area (Å²) in [4.78, 5) is 0.162. The minimum absolute atomic E-state index is 0.162. The molecule has 2 aromatic rings. The number of sulfone groups is 1. The van der Waals surface area contributed by atoms with Gasteiger partial charge in [0.15, 0.2) is 15.6 Å². The Labute approximate surface area is 117 Å². The fraction of sp³-hybridized carbons (Fsp3) is 0.308. The molecule has 1 aromatic carbocycles. The molecule has 0 aliphatic carbocycles. The molecular formula is C13H16N2O4S. The number of aliphatic hydroxyl groups excluding tert-OH is 1. The Hall–Kier alpha value is -1.86. The molecule has 108 valence electrons. The lowest BCUT2D eigenvalue weighted by Gasteiger charge is -2.14. The fourth-order valence-corrected chi connectivity index (χ4v) is 2.64. The van der Waals surface area contributed by atoms with Crippen LogP contribution in [0.1, 0.15) is 17.4 Å². The van der Waals surface area contributed by atoms with E-state index in [9.17, 15) is 13.5 Å². The number of nitrogens with zero attached hydrogens (tertiary/aromatic N) is 2. The third-order valence-electron chi connectivity index (χ3n) is 3.03. The van der Waals surface area contributed by atoms with Crippen molar-refractivity contribution in [2.45, 2.75) is 11.0 Å². The molecule has 1 unspecified atom stereocenters. The zero-order chi connectivity index (χ0) is 14.9. The van der Waals surface area contributed by atoms with E-state index in [1.54, 1.807) is 19.2 Å². The molecule has 0 radical (unpaired) electrons. The summed E-state index contributed by atoms with van der Waals surface area (Å²) in [6.45, 7) is 0. The van der Waals surface area contributed by atoms with Crippen molar-refractivity contribution in [3.8, 4) is 5.75 Å². The van der Waals surface area contributed by atoms with Crippen LogP contribution in [-0.4, -0.2) is 36.7 Å². The molecule has 1 N–H and O–H groups in total. The Morgan fingerprint density at radius 2 is 2.10 bits per heavy atom. The van der Waals surface area contributed by atoms with Gasteiger partial charge < -0.3 is 9.84 Å². The van der Waals surface area contributed by atoms with Gasteiger partial charge in [-0.2, -0.15) is 5.10 Å². The first-order chi connectivity index (χ1) is 9.34. The highest BCUT2D eigenvalue weighted by Crippen LogP contribution is 2.30. The van der Waals surface area contributed by atoms with Crippen LogP contribution in [-0.2, 0) is 16.9 Å². The number of hydrogen-bond donors (Lipinski definition) is 1. The number of benzene rings is 1. The minimum atomic E-state index is -3.32. The normalized spacial score (nSPS) is 13.2. The van der Waals surface area contributed by atoms with Gasteiger partial charge in [0.25, 0.3) is 0 Å². The lowest BCUT2D eigenvalue weighted by Crippen LogP contribution is -2.09. The summed E-state index contributed by atoms with van der Waals surface area (Å²) in [6, 6.07) is 6.20. The van der Waals surface area contributed by atoms with E-state index in [1.165, 1.54) is 30.1 Å². The zero-order valence-corrected chi connectivity index (χ0v) is 12.3. The van der Waals surface area contributed by atoms with E-state index in [2.05, 4.69) is 5.10 Å². The van der Waals surface area contributed by atoms with Gasteiger partial charge in [0.05, 0.1) is 18.2 Å². The lowest BCUT2D eigenvalue weighted by molar-refractivity contribution is 0.204. The second-order valence-electron chi connectivity index (χ2n) is 4.47. The molecule has 7 heteroatoms. The van der Waals surface area contributed by atoms with Crippen LogP contribution in [0.3, 0.4) is 0 Å². The Morgan fingerprint density at radius 1 is 1.40 bits per heavy atom. The van der Waals surface area contributed by atoms with Gasteiger partial charge in [-0.1, -0.05) is 12.1 Å². The van der Waals surface area contributed by atoms with E-state index < -0.39 is 15.9 Å². The molecule has 6 nitrogen and oxygen atoms in total. The first kappa shape index (κ1) is 14.5. The van der Waals surface area contributed by atoms with Crippen molar-refractivity contribution in [1.29, 1.82) is 0 Å². The first-order valence-electron chi connectivity index (χ1n) is 5.88. The van der Waals surface area contributed by atoms with Crippen LogP contribution >= 0.6 is 0 Å². The number of methoxy groups -OCH3 is 1. The van der Waals surface area contributed by atoms with Crippen LogP contribution in [0.15, 0.2) is 35.4 Å². The van der Waals surface area contributed by atoms with E-state index in [4.69, 9.17) is 4.74 Å². The molecular weight excluding hydrogens is 280 g/mol. The Kier molecular flexibility index (Phi) is 3.82. The minimum Gasteiger partial charge on any atom is -0.493 e. The summed E-state index contributed by atoms with van der Waals surface area (Å²) in [5.74, 6) is 0.449. The van der Waals surface area contributed by atoms with Crippen LogP contribution in [0.2, 0.25) is 0 Å². The third-order valence-corrected chi connectivity index (χ3v) is 4.14. The predicted molar refractivity (Wildman–Crippen MR) is 73.4 cm³/mol. The summed E-state index contributed by atoms with van der Waals surface area (Å²) >= 11 is 0. The van der Waals surface area contributed by atoms with Crippen molar-refractivity contribution in [1.82, 2.24) is 9.78 Å². The quantitative estimate of drug-likeness (QED) is 0.907. The van der Waals surface area contributed by atoms with Crippen LogP contribution in [0.5, 0.6) is 5.75 Å². The number of aryl methyl sites for hydroxylation is 1. The molecule has 0 saturated heterocycles. The van der Waals surface area contributed by atoms with Crippen molar-refractivity contribution < 1.29 is 18.3 Å². The van der Waals surface area contributed by atoms with E-state index in [0.717, 1.165) is 6.26 Å². The Morgan fingerprint density at radius 3 is 2.70 bits per heavy atom. The van der Waals surface area contributed by atoms with Gasteiger partial charge >= 0.3 is 0 Å². The fourth-order valence-electron chi connectivity index (χ4n) is 1.97. The summed E-state index contributed by atoms with van der Waals surface area (Å²) in [7, 11) is -0.150. The van der Waals surface area contributed by atoms with Crippen LogP contribution < -0.4 is 4.74 Å². The highest BCUT2D eigenvalue weighted by atomic mass is 32.2.